The highest BCUT2D eigenvalue weighted by atomic mass is 14.5. The lowest BCUT2D eigenvalue weighted by atomic mass is 9.49. The zero-order chi connectivity index (χ0) is 11.3. The van der Waals surface area contributed by atoms with Gasteiger partial charge in [0.2, 0.25) is 0 Å². The Morgan fingerprint density at radius 1 is 1.25 bits per heavy atom. The summed E-state index contributed by atoms with van der Waals surface area (Å²) >= 11 is 0. The summed E-state index contributed by atoms with van der Waals surface area (Å²) in [6.07, 6.45) is 11.6. The minimum atomic E-state index is 0.665. The van der Waals surface area contributed by atoms with E-state index in [1.54, 1.807) is 0 Å². The molecule has 2 saturated carbocycles. The lowest BCUT2D eigenvalue weighted by molar-refractivity contribution is 0.00702. The third-order valence-electron chi connectivity index (χ3n) is 6.04. The molecule has 2 fully saturated rings. The summed E-state index contributed by atoms with van der Waals surface area (Å²) in [5, 5.41) is 0. The van der Waals surface area contributed by atoms with Crippen LogP contribution in [0.5, 0.6) is 0 Å². The van der Waals surface area contributed by atoms with E-state index < -0.39 is 0 Å². The normalized spacial score (nSPS) is 46.8. The first kappa shape index (κ1) is 10.9. The van der Waals surface area contributed by atoms with Crippen molar-refractivity contribution < 1.29 is 0 Å². The fourth-order valence-electron chi connectivity index (χ4n) is 5.02. The third kappa shape index (κ3) is 1.41. The van der Waals surface area contributed by atoms with E-state index in [1.165, 1.54) is 38.5 Å². The van der Waals surface area contributed by atoms with E-state index in [0.717, 1.165) is 23.7 Å². The quantitative estimate of drug-likeness (QED) is 0.554. The van der Waals surface area contributed by atoms with Crippen molar-refractivity contribution >= 4 is 0 Å². The van der Waals surface area contributed by atoms with Crippen LogP contribution in [0.25, 0.3) is 0 Å². The largest absolute Gasteiger partial charge is 0.0819 e. The topological polar surface area (TPSA) is 0 Å². The summed E-state index contributed by atoms with van der Waals surface area (Å²) in [7, 11) is 0. The summed E-state index contributed by atoms with van der Waals surface area (Å²) in [4.78, 5) is 0. The van der Waals surface area contributed by atoms with E-state index >= 15 is 0 Å². The van der Waals surface area contributed by atoms with Crippen LogP contribution < -0.4 is 0 Å². The minimum Gasteiger partial charge on any atom is -0.0819 e. The van der Waals surface area contributed by atoms with Crippen LogP contribution in [0.1, 0.15) is 59.3 Å². The Kier molecular flexibility index (Phi) is 2.46. The second kappa shape index (κ2) is 3.62. The monoisotopic (exact) mass is 218 g/mol. The van der Waals surface area contributed by atoms with Gasteiger partial charge in [-0.15, -0.1) is 0 Å². The fourth-order valence-corrected chi connectivity index (χ4v) is 5.02. The molecule has 4 aliphatic carbocycles. The Morgan fingerprint density at radius 3 is 2.81 bits per heavy atom. The molecule has 90 valence electrons. The Balaban J connectivity index is 2.04. The van der Waals surface area contributed by atoms with Crippen LogP contribution in [0.3, 0.4) is 0 Å². The van der Waals surface area contributed by atoms with Crippen molar-refractivity contribution in [3.8, 4) is 0 Å². The number of fused-ring (bicyclic) bond motifs is 2. The van der Waals surface area contributed by atoms with E-state index in [1.807, 2.05) is 5.57 Å². The molecule has 0 spiro atoms. The van der Waals surface area contributed by atoms with E-state index in [0.29, 0.717) is 5.41 Å². The number of hydrogen-bond donors (Lipinski definition) is 0. The van der Waals surface area contributed by atoms with Crippen molar-refractivity contribution in [2.75, 3.05) is 0 Å². The first-order valence-corrected chi connectivity index (χ1v) is 7.32. The molecule has 0 radical (unpaired) electrons. The average Bonchev–Trinajstić information content (AvgIpc) is 2.13. The molecule has 4 unspecified atom stereocenters. The summed E-state index contributed by atoms with van der Waals surface area (Å²) in [6.45, 7) is 7.46. The molecule has 0 heterocycles. The molecule has 0 aromatic heterocycles. The third-order valence-corrected chi connectivity index (χ3v) is 6.04. The molecule has 0 aliphatic heterocycles. The van der Waals surface area contributed by atoms with Gasteiger partial charge in [-0.25, -0.2) is 0 Å². The average molecular weight is 218 g/mol. The Morgan fingerprint density at radius 2 is 2.06 bits per heavy atom. The molecule has 4 bridgehead atoms. The molecule has 0 aromatic carbocycles. The van der Waals surface area contributed by atoms with Crippen molar-refractivity contribution in [1.29, 1.82) is 0 Å². The Hall–Kier alpha value is -0.260. The molecule has 4 aliphatic rings. The molecule has 4 rings (SSSR count). The van der Waals surface area contributed by atoms with Gasteiger partial charge >= 0.3 is 0 Å². The summed E-state index contributed by atoms with van der Waals surface area (Å²) < 4.78 is 0. The maximum atomic E-state index is 2.68. The smallest absolute Gasteiger partial charge is 0.0172 e. The van der Waals surface area contributed by atoms with Crippen LogP contribution in [-0.4, -0.2) is 0 Å². The van der Waals surface area contributed by atoms with E-state index in [-0.39, 0.29) is 0 Å². The second-order valence-corrected chi connectivity index (χ2v) is 7.02. The zero-order valence-corrected chi connectivity index (χ0v) is 11.1. The van der Waals surface area contributed by atoms with E-state index in [9.17, 15) is 0 Å². The van der Waals surface area contributed by atoms with Gasteiger partial charge in [0.1, 0.15) is 0 Å². The van der Waals surface area contributed by atoms with Gasteiger partial charge in [0.25, 0.3) is 0 Å². The number of rotatable bonds is 1. The number of allylic oxidation sites excluding steroid dienone is 2. The lowest BCUT2D eigenvalue weighted by Crippen LogP contribution is -2.46. The summed E-state index contributed by atoms with van der Waals surface area (Å²) in [5.41, 5.74) is 2.50. The van der Waals surface area contributed by atoms with Gasteiger partial charge in [-0.1, -0.05) is 45.3 Å². The van der Waals surface area contributed by atoms with Crippen LogP contribution in [0, 0.1) is 29.1 Å². The van der Waals surface area contributed by atoms with Gasteiger partial charge in [-0.3, -0.25) is 0 Å². The maximum Gasteiger partial charge on any atom is -0.0172 e. The molecule has 0 heteroatoms. The van der Waals surface area contributed by atoms with Crippen LogP contribution in [0.2, 0.25) is 0 Å². The Bertz CT molecular complexity index is 312. The molecule has 0 aromatic rings. The van der Waals surface area contributed by atoms with Gasteiger partial charge in [0, 0.05) is 0 Å². The van der Waals surface area contributed by atoms with Gasteiger partial charge in [0.05, 0.1) is 0 Å². The second-order valence-electron chi connectivity index (χ2n) is 7.02. The predicted octanol–water partition coefficient (Wildman–Crippen LogP) is 4.81. The Labute approximate surface area is 101 Å². The highest BCUT2D eigenvalue weighted by Gasteiger charge is 2.49. The van der Waals surface area contributed by atoms with Crippen LogP contribution in [0.4, 0.5) is 0 Å². The van der Waals surface area contributed by atoms with Crippen molar-refractivity contribution in [3.63, 3.8) is 0 Å². The van der Waals surface area contributed by atoms with Crippen LogP contribution in [0.15, 0.2) is 11.6 Å². The standard InChI is InChI=1S/C16H26/c1-11(2)16-9-13-5-4-6-14(10-16)8-15(7-13)12(16)3/h7,11-14H,4-6,8-10H2,1-3H3. The molecule has 0 N–H and O–H groups in total. The molecular formula is C16H26. The van der Waals surface area contributed by atoms with Crippen molar-refractivity contribution in [2.45, 2.75) is 59.3 Å². The van der Waals surface area contributed by atoms with E-state index in [4.69, 9.17) is 0 Å². The first-order chi connectivity index (χ1) is 7.62. The van der Waals surface area contributed by atoms with Crippen LogP contribution >= 0.6 is 0 Å². The molecule has 16 heavy (non-hydrogen) atoms. The lowest BCUT2D eigenvalue weighted by Gasteiger charge is -2.55. The first-order valence-electron chi connectivity index (χ1n) is 7.32. The molecule has 0 nitrogen and oxygen atoms in total. The minimum absolute atomic E-state index is 0.665. The predicted molar refractivity (Wildman–Crippen MR) is 69.2 cm³/mol. The van der Waals surface area contributed by atoms with Crippen molar-refractivity contribution in [3.05, 3.63) is 11.6 Å². The van der Waals surface area contributed by atoms with E-state index in [2.05, 4.69) is 26.8 Å². The van der Waals surface area contributed by atoms with Gasteiger partial charge in [-0.05, 0) is 54.8 Å². The number of hydrogen-bond acceptors (Lipinski definition) is 0. The summed E-state index contributed by atoms with van der Waals surface area (Å²) in [6, 6.07) is 0. The maximum absolute atomic E-state index is 2.68. The van der Waals surface area contributed by atoms with Crippen molar-refractivity contribution in [2.24, 2.45) is 29.1 Å². The highest BCUT2D eigenvalue weighted by Crippen LogP contribution is 2.59. The molecule has 4 atom stereocenters. The molecule has 0 amide bonds. The molecular weight excluding hydrogens is 192 g/mol. The van der Waals surface area contributed by atoms with Crippen molar-refractivity contribution in [1.82, 2.24) is 0 Å². The fraction of sp³-hybridized carbons (Fsp3) is 0.875. The summed E-state index contributed by atoms with van der Waals surface area (Å²) in [5.74, 6) is 3.69. The zero-order valence-electron chi connectivity index (χ0n) is 11.1. The SMILES string of the molecule is CC(C)C12CC3C=C(CC(CCC3)C1)C2C. The van der Waals surface area contributed by atoms with Gasteiger partial charge < -0.3 is 0 Å². The van der Waals surface area contributed by atoms with Gasteiger partial charge in [-0.2, -0.15) is 0 Å². The van der Waals surface area contributed by atoms with Crippen LogP contribution in [-0.2, 0) is 0 Å². The van der Waals surface area contributed by atoms with Gasteiger partial charge in [0.15, 0.2) is 0 Å². The molecule has 0 saturated heterocycles. The highest BCUT2D eigenvalue weighted by molar-refractivity contribution is 5.22.